The van der Waals surface area contributed by atoms with Gasteiger partial charge in [-0.15, -0.1) is 0 Å². The maximum atomic E-state index is 12.6. The number of halogens is 3. The molecule has 0 spiro atoms. The number of pyridine rings is 1. The molecule has 0 aromatic carbocycles. The molecular formula is C9H7F3N4. The molecule has 2 heterocycles. The van der Waals surface area contributed by atoms with Crippen molar-refractivity contribution in [1.29, 1.82) is 0 Å². The Hall–Kier alpha value is -2.05. The van der Waals surface area contributed by atoms with E-state index >= 15 is 0 Å². The average Bonchev–Trinajstić information content (AvgIpc) is 2.58. The number of hydrogen-bond acceptors (Lipinski definition) is 3. The summed E-state index contributed by atoms with van der Waals surface area (Å²) < 4.78 is 38.8. The summed E-state index contributed by atoms with van der Waals surface area (Å²) in [5.74, 6) is 3.92. The van der Waals surface area contributed by atoms with Crippen LogP contribution >= 0.6 is 0 Å². The van der Waals surface area contributed by atoms with Crippen LogP contribution in [0, 0.1) is 0 Å². The van der Waals surface area contributed by atoms with Crippen LogP contribution in [0.2, 0.25) is 0 Å². The summed E-state index contributed by atoms with van der Waals surface area (Å²) in [6.07, 6.45) is -2.13. The number of fused-ring (bicyclic) bond motifs is 1. The minimum atomic E-state index is -4.51. The molecule has 16 heavy (non-hydrogen) atoms. The SMILES string of the molecule is NN=Cc1nc(C(F)(F)F)n2ccccc12. The van der Waals surface area contributed by atoms with Crippen LogP contribution in [-0.2, 0) is 6.18 Å². The van der Waals surface area contributed by atoms with E-state index < -0.39 is 12.0 Å². The molecule has 2 aromatic rings. The summed E-state index contributed by atoms with van der Waals surface area (Å²) >= 11 is 0. The molecule has 0 bridgehead atoms. The predicted octanol–water partition coefficient (Wildman–Crippen LogP) is 1.65. The van der Waals surface area contributed by atoms with Crippen molar-refractivity contribution < 1.29 is 13.2 Å². The minimum Gasteiger partial charge on any atom is -0.323 e. The molecular weight excluding hydrogens is 221 g/mol. The quantitative estimate of drug-likeness (QED) is 0.458. The van der Waals surface area contributed by atoms with Gasteiger partial charge in [-0.05, 0) is 12.1 Å². The van der Waals surface area contributed by atoms with E-state index in [1.807, 2.05) is 0 Å². The van der Waals surface area contributed by atoms with Gasteiger partial charge in [0, 0.05) is 6.20 Å². The second-order valence-electron chi connectivity index (χ2n) is 3.05. The molecule has 0 radical (unpaired) electrons. The number of rotatable bonds is 1. The van der Waals surface area contributed by atoms with Gasteiger partial charge in [0.05, 0.1) is 11.7 Å². The molecule has 0 saturated carbocycles. The van der Waals surface area contributed by atoms with Crippen molar-refractivity contribution in [1.82, 2.24) is 9.38 Å². The molecule has 0 fully saturated rings. The third-order valence-electron chi connectivity index (χ3n) is 2.03. The Balaban J connectivity index is 2.77. The fourth-order valence-electron chi connectivity index (χ4n) is 1.43. The molecule has 0 unspecified atom stereocenters. The highest BCUT2D eigenvalue weighted by atomic mass is 19.4. The van der Waals surface area contributed by atoms with Gasteiger partial charge in [-0.1, -0.05) is 6.07 Å². The normalized spacial score (nSPS) is 12.7. The van der Waals surface area contributed by atoms with E-state index in [2.05, 4.69) is 10.1 Å². The van der Waals surface area contributed by atoms with Gasteiger partial charge in [-0.2, -0.15) is 18.3 Å². The fraction of sp³-hybridized carbons (Fsp3) is 0.111. The molecule has 0 atom stereocenters. The van der Waals surface area contributed by atoms with Crippen LogP contribution in [0.15, 0.2) is 29.5 Å². The van der Waals surface area contributed by atoms with Gasteiger partial charge in [-0.3, -0.25) is 4.40 Å². The predicted molar refractivity (Wildman–Crippen MR) is 52.0 cm³/mol. The summed E-state index contributed by atoms with van der Waals surface area (Å²) in [5, 5.41) is 3.18. The van der Waals surface area contributed by atoms with E-state index in [1.54, 1.807) is 6.07 Å². The summed E-state index contributed by atoms with van der Waals surface area (Å²) in [4.78, 5) is 3.46. The largest absolute Gasteiger partial charge is 0.450 e. The van der Waals surface area contributed by atoms with E-state index in [-0.39, 0.29) is 5.69 Å². The fourth-order valence-corrected chi connectivity index (χ4v) is 1.43. The lowest BCUT2D eigenvalue weighted by Crippen LogP contribution is -2.10. The van der Waals surface area contributed by atoms with Crippen molar-refractivity contribution in [2.45, 2.75) is 6.18 Å². The lowest BCUT2D eigenvalue weighted by atomic mass is 10.3. The summed E-state index contributed by atoms with van der Waals surface area (Å²) in [6.45, 7) is 0. The Morgan fingerprint density at radius 3 is 2.75 bits per heavy atom. The smallest absolute Gasteiger partial charge is 0.323 e. The Bertz CT molecular complexity index is 541. The van der Waals surface area contributed by atoms with E-state index in [9.17, 15) is 13.2 Å². The average molecular weight is 228 g/mol. The number of imidazole rings is 1. The second-order valence-corrected chi connectivity index (χ2v) is 3.05. The number of nitrogens with zero attached hydrogens (tertiary/aromatic N) is 3. The van der Waals surface area contributed by atoms with E-state index in [0.717, 1.165) is 10.6 Å². The number of nitrogens with two attached hydrogens (primary N) is 1. The third-order valence-corrected chi connectivity index (χ3v) is 2.03. The van der Waals surface area contributed by atoms with Gasteiger partial charge in [-0.25, -0.2) is 4.98 Å². The third kappa shape index (κ3) is 1.60. The first kappa shape index (κ1) is 10.5. The monoisotopic (exact) mass is 228 g/mol. The maximum Gasteiger partial charge on any atom is 0.450 e. The zero-order chi connectivity index (χ0) is 11.8. The van der Waals surface area contributed by atoms with Gasteiger partial charge in [0.1, 0.15) is 5.69 Å². The summed E-state index contributed by atoms with van der Waals surface area (Å²) in [5.41, 5.74) is 0.402. The van der Waals surface area contributed by atoms with Gasteiger partial charge in [0.2, 0.25) is 5.82 Å². The second kappa shape index (κ2) is 3.51. The number of hydrazone groups is 1. The van der Waals surface area contributed by atoms with E-state index in [1.165, 1.54) is 18.3 Å². The van der Waals surface area contributed by atoms with Crippen molar-refractivity contribution in [2.24, 2.45) is 10.9 Å². The maximum absolute atomic E-state index is 12.6. The highest BCUT2D eigenvalue weighted by molar-refractivity contribution is 5.87. The molecule has 0 aliphatic heterocycles. The van der Waals surface area contributed by atoms with Gasteiger partial charge >= 0.3 is 6.18 Å². The van der Waals surface area contributed by atoms with E-state index in [0.29, 0.717) is 5.52 Å². The van der Waals surface area contributed by atoms with Crippen LogP contribution in [-0.4, -0.2) is 15.6 Å². The first-order valence-corrected chi connectivity index (χ1v) is 4.31. The molecule has 0 aliphatic rings. The topological polar surface area (TPSA) is 55.7 Å². The van der Waals surface area contributed by atoms with Gasteiger partial charge in [0.15, 0.2) is 0 Å². The zero-order valence-corrected chi connectivity index (χ0v) is 7.94. The molecule has 4 nitrogen and oxygen atoms in total. The van der Waals surface area contributed by atoms with Crippen molar-refractivity contribution in [3.63, 3.8) is 0 Å². The van der Waals surface area contributed by atoms with Crippen molar-refractivity contribution >= 4 is 11.7 Å². The first-order chi connectivity index (χ1) is 7.54. The lowest BCUT2D eigenvalue weighted by molar-refractivity contribution is -0.145. The summed E-state index contributed by atoms with van der Waals surface area (Å²) in [6, 6.07) is 4.62. The molecule has 2 N–H and O–H groups in total. The zero-order valence-electron chi connectivity index (χ0n) is 7.94. The van der Waals surface area contributed by atoms with Crippen molar-refractivity contribution in [2.75, 3.05) is 0 Å². The Labute approximate surface area is 88.2 Å². The molecule has 2 rings (SSSR count). The van der Waals surface area contributed by atoms with Crippen LogP contribution in [0.4, 0.5) is 13.2 Å². The Kier molecular flexibility index (Phi) is 2.30. The standard InChI is InChI=1S/C9H7F3N4/c10-9(11,12)8-15-6(5-14-13)7-3-1-2-4-16(7)8/h1-5H,13H2. The molecule has 0 saturated heterocycles. The molecule has 84 valence electrons. The van der Waals surface area contributed by atoms with Crippen molar-refractivity contribution in [3.05, 3.63) is 35.9 Å². The van der Waals surface area contributed by atoms with Crippen molar-refractivity contribution in [3.8, 4) is 0 Å². The Morgan fingerprint density at radius 2 is 2.12 bits per heavy atom. The first-order valence-electron chi connectivity index (χ1n) is 4.31. The van der Waals surface area contributed by atoms with Gasteiger partial charge in [0.25, 0.3) is 0 Å². The molecule has 0 amide bonds. The van der Waals surface area contributed by atoms with Gasteiger partial charge < -0.3 is 5.84 Å². The molecule has 7 heteroatoms. The highest BCUT2D eigenvalue weighted by Gasteiger charge is 2.36. The molecule has 0 aliphatic carbocycles. The lowest BCUT2D eigenvalue weighted by Gasteiger charge is -2.03. The summed E-state index contributed by atoms with van der Waals surface area (Å²) in [7, 11) is 0. The van der Waals surface area contributed by atoms with Crippen LogP contribution in [0.5, 0.6) is 0 Å². The van der Waals surface area contributed by atoms with Crippen LogP contribution < -0.4 is 5.84 Å². The number of alkyl halides is 3. The van der Waals surface area contributed by atoms with E-state index in [4.69, 9.17) is 5.84 Å². The highest BCUT2D eigenvalue weighted by Crippen LogP contribution is 2.29. The van der Waals surface area contributed by atoms with Crippen LogP contribution in [0.1, 0.15) is 11.5 Å². The molecule has 2 aromatic heterocycles. The minimum absolute atomic E-state index is 0.0930. The van der Waals surface area contributed by atoms with Crippen LogP contribution in [0.25, 0.3) is 5.52 Å². The number of hydrogen-bond donors (Lipinski definition) is 1. The number of aromatic nitrogens is 2. The Morgan fingerprint density at radius 1 is 1.38 bits per heavy atom. The van der Waals surface area contributed by atoms with Crippen LogP contribution in [0.3, 0.4) is 0 Å².